The summed E-state index contributed by atoms with van der Waals surface area (Å²) in [4.78, 5) is 4.07. The molecule has 90 valence electrons. The Hall–Kier alpha value is -0.830. The highest BCUT2D eigenvalue weighted by Crippen LogP contribution is 2.33. The van der Waals surface area contributed by atoms with Crippen molar-refractivity contribution in [2.24, 2.45) is 11.8 Å². The van der Waals surface area contributed by atoms with Crippen molar-refractivity contribution >= 4 is 0 Å². The Morgan fingerprint density at radius 1 is 1.50 bits per heavy atom. The first-order chi connectivity index (χ1) is 7.79. The van der Waals surface area contributed by atoms with Crippen molar-refractivity contribution in [3.63, 3.8) is 0 Å². The van der Waals surface area contributed by atoms with E-state index in [1.54, 1.807) is 0 Å². The predicted molar refractivity (Wildman–Crippen MR) is 66.2 cm³/mol. The van der Waals surface area contributed by atoms with Crippen LogP contribution < -0.4 is 5.32 Å². The zero-order valence-corrected chi connectivity index (χ0v) is 10.4. The van der Waals surface area contributed by atoms with Crippen LogP contribution in [0.15, 0.2) is 18.7 Å². The molecule has 0 aliphatic heterocycles. The summed E-state index contributed by atoms with van der Waals surface area (Å²) >= 11 is 0. The van der Waals surface area contributed by atoms with Gasteiger partial charge in [-0.15, -0.1) is 0 Å². The minimum absolute atomic E-state index is 0.669. The van der Waals surface area contributed by atoms with E-state index in [4.69, 9.17) is 0 Å². The van der Waals surface area contributed by atoms with E-state index >= 15 is 0 Å². The van der Waals surface area contributed by atoms with Gasteiger partial charge < -0.3 is 9.88 Å². The largest absolute Gasteiger partial charge is 0.337 e. The van der Waals surface area contributed by atoms with E-state index in [-0.39, 0.29) is 0 Å². The molecule has 0 amide bonds. The zero-order valence-electron chi connectivity index (χ0n) is 10.4. The molecule has 1 fully saturated rings. The molecule has 3 heteroatoms. The number of hydrogen-bond acceptors (Lipinski definition) is 2. The first kappa shape index (κ1) is 11.6. The number of aromatic nitrogens is 2. The van der Waals surface area contributed by atoms with Crippen LogP contribution in [-0.4, -0.2) is 22.1 Å². The molecule has 1 heterocycles. The lowest BCUT2D eigenvalue weighted by atomic mass is 10.1. The van der Waals surface area contributed by atoms with Gasteiger partial charge in [0.1, 0.15) is 0 Å². The van der Waals surface area contributed by atoms with Crippen LogP contribution in [0.4, 0.5) is 0 Å². The van der Waals surface area contributed by atoms with E-state index in [0.717, 1.165) is 25.0 Å². The Bertz CT molecular complexity index is 290. The molecule has 0 aromatic carbocycles. The maximum Gasteiger partial charge on any atom is 0.0946 e. The van der Waals surface area contributed by atoms with E-state index in [2.05, 4.69) is 28.7 Å². The molecule has 0 bridgehead atoms. The van der Waals surface area contributed by atoms with Crippen LogP contribution >= 0.6 is 0 Å². The normalized spacial score (nSPS) is 19.6. The fraction of sp³-hybridized carbons (Fsp3) is 0.769. The Labute approximate surface area is 98.3 Å². The van der Waals surface area contributed by atoms with Gasteiger partial charge in [0.25, 0.3) is 0 Å². The summed E-state index contributed by atoms with van der Waals surface area (Å²) in [6.07, 6.45) is 9.91. The monoisotopic (exact) mass is 221 g/mol. The minimum atomic E-state index is 0.669. The van der Waals surface area contributed by atoms with Gasteiger partial charge in [-0.25, -0.2) is 4.98 Å². The number of hydrogen-bond donors (Lipinski definition) is 1. The molecule has 1 N–H and O–H groups in total. The highest BCUT2D eigenvalue weighted by atomic mass is 15.0. The van der Waals surface area contributed by atoms with E-state index in [1.165, 1.54) is 19.3 Å². The highest BCUT2D eigenvalue weighted by molar-refractivity contribution is 4.86. The van der Waals surface area contributed by atoms with Crippen molar-refractivity contribution in [1.29, 1.82) is 0 Å². The predicted octanol–water partition coefficient (Wildman–Crippen LogP) is 2.30. The van der Waals surface area contributed by atoms with E-state index in [1.807, 2.05) is 18.7 Å². The summed E-state index contributed by atoms with van der Waals surface area (Å²) in [5.41, 5.74) is 0. The van der Waals surface area contributed by atoms with Crippen LogP contribution in [0.1, 0.15) is 33.1 Å². The van der Waals surface area contributed by atoms with Crippen LogP contribution in [0.3, 0.4) is 0 Å². The van der Waals surface area contributed by atoms with Gasteiger partial charge in [0.15, 0.2) is 0 Å². The van der Waals surface area contributed by atoms with Gasteiger partial charge in [-0.1, -0.05) is 13.8 Å². The third kappa shape index (κ3) is 3.34. The third-order valence-corrected chi connectivity index (χ3v) is 3.44. The molecular weight excluding hydrogens is 198 g/mol. The minimum Gasteiger partial charge on any atom is -0.337 e. The van der Waals surface area contributed by atoms with Crippen molar-refractivity contribution in [3.05, 3.63) is 18.7 Å². The summed E-state index contributed by atoms with van der Waals surface area (Å²) in [6.45, 7) is 6.77. The molecule has 1 aromatic heterocycles. The summed E-state index contributed by atoms with van der Waals surface area (Å²) in [5, 5.41) is 3.71. The molecule has 1 saturated carbocycles. The number of imidazole rings is 1. The average Bonchev–Trinajstić information content (AvgIpc) is 2.98. The van der Waals surface area contributed by atoms with Crippen LogP contribution in [0.25, 0.3) is 0 Å². The van der Waals surface area contributed by atoms with Crippen molar-refractivity contribution in [2.45, 2.75) is 45.7 Å². The van der Waals surface area contributed by atoms with E-state index < -0.39 is 0 Å². The summed E-state index contributed by atoms with van der Waals surface area (Å²) < 4.78 is 2.16. The molecule has 0 spiro atoms. The standard InChI is InChI=1S/C13H23N3/c1-3-13(12-4-5-12)15-8-11(2)9-16-7-6-14-10-16/h6-7,10-13,15H,3-5,8-9H2,1-2H3. The highest BCUT2D eigenvalue weighted by Gasteiger charge is 2.29. The maximum atomic E-state index is 4.07. The molecule has 2 unspecified atom stereocenters. The maximum absolute atomic E-state index is 4.07. The molecule has 1 aromatic rings. The fourth-order valence-electron chi connectivity index (χ4n) is 2.31. The third-order valence-electron chi connectivity index (χ3n) is 3.44. The van der Waals surface area contributed by atoms with Crippen molar-refractivity contribution in [1.82, 2.24) is 14.9 Å². The zero-order chi connectivity index (χ0) is 11.4. The lowest BCUT2D eigenvalue weighted by Crippen LogP contribution is -2.34. The lowest BCUT2D eigenvalue weighted by Gasteiger charge is -2.19. The molecule has 2 atom stereocenters. The first-order valence-corrected chi connectivity index (χ1v) is 6.48. The molecular formula is C13H23N3. The van der Waals surface area contributed by atoms with Crippen LogP contribution in [-0.2, 0) is 6.54 Å². The van der Waals surface area contributed by atoms with Crippen molar-refractivity contribution in [3.8, 4) is 0 Å². The second-order valence-electron chi connectivity index (χ2n) is 5.13. The smallest absolute Gasteiger partial charge is 0.0946 e. The number of rotatable bonds is 7. The van der Waals surface area contributed by atoms with E-state index in [9.17, 15) is 0 Å². The molecule has 0 saturated heterocycles. The SMILES string of the molecule is CCC(NCC(C)Cn1ccnc1)C1CC1. The molecule has 1 aliphatic carbocycles. The fourth-order valence-corrected chi connectivity index (χ4v) is 2.31. The molecule has 3 nitrogen and oxygen atoms in total. The average molecular weight is 221 g/mol. The van der Waals surface area contributed by atoms with Gasteiger partial charge in [0.05, 0.1) is 6.33 Å². The lowest BCUT2D eigenvalue weighted by molar-refractivity contribution is 0.379. The molecule has 16 heavy (non-hydrogen) atoms. The van der Waals surface area contributed by atoms with Gasteiger partial charge in [0.2, 0.25) is 0 Å². The summed E-state index contributed by atoms with van der Waals surface area (Å²) in [6, 6.07) is 0.755. The van der Waals surface area contributed by atoms with Gasteiger partial charge in [-0.05, 0) is 37.6 Å². The molecule has 1 aliphatic rings. The van der Waals surface area contributed by atoms with Crippen LogP contribution in [0.5, 0.6) is 0 Å². The van der Waals surface area contributed by atoms with E-state index in [0.29, 0.717) is 5.92 Å². The van der Waals surface area contributed by atoms with Gasteiger partial charge >= 0.3 is 0 Å². The van der Waals surface area contributed by atoms with Gasteiger partial charge in [-0.3, -0.25) is 0 Å². The Balaban J connectivity index is 1.68. The first-order valence-electron chi connectivity index (χ1n) is 6.48. The van der Waals surface area contributed by atoms with Gasteiger partial charge in [0, 0.05) is 25.0 Å². The number of nitrogens with zero attached hydrogens (tertiary/aromatic N) is 2. The topological polar surface area (TPSA) is 29.9 Å². The molecule has 0 radical (unpaired) electrons. The number of nitrogens with one attached hydrogen (secondary N) is 1. The van der Waals surface area contributed by atoms with Crippen molar-refractivity contribution < 1.29 is 0 Å². The second-order valence-corrected chi connectivity index (χ2v) is 5.13. The summed E-state index contributed by atoms with van der Waals surface area (Å²) in [5.74, 6) is 1.63. The second kappa shape index (κ2) is 5.48. The summed E-state index contributed by atoms with van der Waals surface area (Å²) in [7, 11) is 0. The Morgan fingerprint density at radius 2 is 2.31 bits per heavy atom. The Morgan fingerprint density at radius 3 is 2.88 bits per heavy atom. The van der Waals surface area contributed by atoms with Crippen LogP contribution in [0, 0.1) is 11.8 Å². The molecule has 2 rings (SSSR count). The van der Waals surface area contributed by atoms with Gasteiger partial charge in [-0.2, -0.15) is 0 Å². The quantitative estimate of drug-likeness (QED) is 0.765. The van der Waals surface area contributed by atoms with Crippen molar-refractivity contribution in [2.75, 3.05) is 6.54 Å². The Kier molecular flexibility index (Phi) is 3.99. The van der Waals surface area contributed by atoms with Crippen LogP contribution in [0.2, 0.25) is 0 Å².